The van der Waals surface area contributed by atoms with Gasteiger partial charge in [-0.2, -0.15) is 5.10 Å². The van der Waals surface area contributed by atoms with Gasteiger partial charge in [0.15, 0.2) is 0 Å². The Balaban J connectivity index is 1.15. The molecule has 1 aliphatic rings. The smallest absolute Gasteiger partial charge is 0.271 e. The molecule has 0 spiro atoms. The number of nitrogens with zero attached hydrogens (tertiary/aromatic N) is 5. The lowest BCUT2D eigenvalue weighted by atomic mass is 10.1. The van der Waals surface area contributed by atoms with E-state index in [9.17, 15) is 4.79 Å². The summed E-state index contributed by atoms with van der Waals surface area (Å²) in [7, 11) is 0. The second-order valence-corrected chi connectivity index (χ2v) is 8.59. The lowest BCUT2D eigenvalue weighted by Crippen LogP contribution is -2.23. The number of fused-ring (bicyclic) bond motifs is 3. The van der Waals surface area contributed by atoms with E-state index >= 15 is 0 Å². The maximum absolute atomic E-state index is 12.8. The molecule has 170 valence electrons. The highest BCUT2D eigenvalue weighted by Crippen LogP contribution is 2.24. The highest BCUT2D eigenvalue weighted by molar-refractivity contribution is 5.92. The number of hydrogen-bond acceptors (Lipinski definition) is 5. The lowest BCUT2D eigenvalue weighted by molar-refractivity contribution is 0.0946. The third-order valence-corrected chi connectivity index (χ3v) is 6.21. The molecule has 0 saturated heterocycles. The van der Waals surface area contributed by atoms with Crippen LogP contribution in [0.15, 0.2) is 61.2 Å². The molecule has 0 radical (unpaired) electrons. The van der Waals surface area contributed by atoms with Crippen LogP contribution in [0.2, 0.25) is 0 Å². The van der Waals surface area contributed by atoms with Crippen LogP contribution in [0.1, 0.15) is 38.7 Å². The first-order valence-corrected chi connectivity index (χ1v) is 11.2. The third kappa shape index (κ3) is 3.81. The maximum Gasteiger partial charge on any atom is 0.271 e. The van der Waals surface area contributed by atoms with E-state index in [0.717, 1.165) is 45.9 Å². The predicted octanol–water partition coefficient (Wildman–Crippen LogP) is 3.22. The van der Waals surface area contributed by atoms with Gasteiger partial charge in [0.25, 0.3) is 5.91 Å². The number of amides is 1. The summed E-state index contributed by atoms with van der Waals surface area (Å²) in [5.74, 6) is 0.640. The van der Waals surface area contributed by atoms with E-state index in [1.54, 1.807) is 6.20 Å². The molecule has 0 atom stereocenters. The average Bonchev–Trinajstić information content (AvgIpc) is 3.55. The van der Waals surface area contributed by atoms with Gasteiger partial charge < -0.3 is 20.2 Å². The number of imidazole rings is 1. The summed E-state index contributed by atoms with van der Waals surface area (Å²) in [5.41, 5.74) is 6.77. The molecule has 5 aromatic rings. The minimum Gasteiger partial charge on any atom is -0.378 e. The van der Waals surface area contributed by atoms with Crippen molar-refractivity contribution >= 4 is 22.6 Å². The molecule has 1 aromatic carbocycles. The fourth-order valence-corrected chi connectivity index (χ4v) is 4.32. The molecule has 4 aromatic heterocycles. The number of nitrogens with one attached hydrogen (secondary N) is 3. The first-order valence-electron chi connectivity index (χ1n) is 11.2. The molecule has 0 bridgehead atoms. The van der Waals surface area contributed by atoms with Gasteiger partial charge in [0, 0.05) is 48.1 Å². The highest BCUT2D eigenvalue weighted by Gasteiger charge is 2.19. The van der Waals surface area contributed by atoms with Gasteiger partial charge in [0.2, 0.25) is 0 Å². The second kappa shape index (κ2) is 8.18. The monoisotopic (exact) mass is 452 g/mol. The number of pyridine rings is 1. The van der Waals surface area contributed by atoms with Crippen LogP contribution in [0.5, 0.6) is 0 Å². The topological polar surface area (TPSA) is 105 Å². The van der Waals surface area contributed by atoms with Crippen molar-refractivity contribution in [2.45, 2.75) is 33.1 Å². The Morgan fingerprint density at radius 3 is 3.00 bits per heavy atom. The van der Waals surface area contributed by atoms with Crippen molar-refractivity contribution in [3.63, 3.8) is 0 Å². The molecule has 3 N–H and O–H groups in total. The van der Waals surface area contributed by atoms with Gasteiger partial charge in [-0.1, -0.05) is 12.1 Å². The number of hydrogen-bond donors (Lipinski definition) is 3. The maximum atomic E-state index is 12.8. The third-order valence-electron chi connectivity index (χ3n) is 6.21. The Morgan fingerprint density at radius 1 is 1.18 bits per heavy atom. The molecule has 0 saturated carbocycles. The van der Waals surface area contributed by atoms with Gasteiger partial charge in [0.1, 0.15) is 17.2 Å². The zero-order chi connectivity index (χ0) is 23.1. The van der Waals surface area contributed by atoms with Crippen molar-refractivity contribution in [1.29, 1.82) is 0 Å². The van der Waals surface area contributed by atoms with Gasteiger partial charge in [-0.15, -0.1) is 0 Å². The lowest BCUT2D eigenvalue weighted by Gasteiger charge is -2.11. The molecule has 5 heterocycles. The summed E-state index contributed by atoms with van der Waals surface area (Å²) < 4.78 is 4.03. The fraction of sp³-hybridized carbons (Fsp3) is 0.200. The first kappa shape index (κ1) is 20.2. The number of carbonyl (C=O) groups is 1. The first-order chi connectivity index (χ1) is 16.6. The summed E-state index contributed by atoms with van der Waals surface area (Å²) in [6.07, 6.45) is 7.27. The molecule has 1 amide bonds. The molecule has 0 unspecified atom stereocenters. The fourth-order valence-electron chi connectivity index (χ4n) is 4.32. The van der Waals surface area contributed by atoms with Crippen molar-refractivity contribution in [3.05, 3.63) is 95.1 Å². The van der Waals surface area contributed by atoms with Gasteiger partial charge in [-0.25, -0.2) is 9.97 Å². The number of carbonyl (C=O) groups excluding carboxylic acids is 1. The Morgan fingerprint density at radius 2 is 2.12 bits per heavy atom. The van der Waals surface area contributed by atoms with E-state index in [1.165, 1.54) is 5.56 Å². The zero-order valence-electron chi connectivity index (χ0n) is 18.7. The normalized spacial score (nSPS) is 12.6. The van der Waals surface area contributed by atoms with E-state index in [-0.39, 0.29) is 5.91 Å². The summed E-state index contributed by atoms with van der Waals surface area (Å²) in [6.45, 7) is 4.40. The number of rotatable bonds is 5. The van der Waals surface area contributed by atoms with Crippen molar-refractivity contribution in [1.82, 2.24) is 34.6 Å². The summed E-state index contributed by atoms with van der Waals surface area (Å²) >= 11 is 0. The number of aryl methyl sites for hydroxylation is 1. The van der Waals surface area contributed by atoms with E-state index in [2.05, 4.69) is 55.8 Å². The molecule has 0 fully saturated rings. The largest absolute Gasteiger partial charge is 0.378 e. The summed E-state index contributed by atoms with van der Waals surface area (Å²) in [5, 5.41) is 11.8. The Kier molecular flexibility index (Phi) is 4.87. The molecule has 9 heteroatoms. The van der Waals surface area contributed by atoms with Crippen LogP contribution in [0, 0.1) is 6.92 Å². The van der Waals surface area contributed by atoms with Gasteiger partial charge in [0.05, 0.1) is 19.6 Å². The van der Waals surface area contributed by atoms with E-state index in [0.29, 0.717) is 25.3 Å². The highest BCUT2D eigenvalue weighted by atomic mass is 16.1. The standard InChI is InChI=1S/C25H24N8O/c1-16-4-7-30-33(16)13-17-2-3-20-14-32-15-22(31-23(32)12-27-21(20)9-17)25(34)29-11-18-8-19-5-6-26-24(19)28-10-18/h2-10,15,27H,11-14H2,1H3,(H,26,28)(H,29,34). The Hall–Kier alpha value is -4.40. The van der Waals surface area contributed by atoms with E-state index in [1.807, 2.05) is 46.0 Å². The van der Waals surface area contributed by atoms with Crippen LogP contribution in [-0.2, 0) is 26.2 Å². The molecule has 6 rings (SSSR count). The number of benzene rings is 1. The van der Waals surface area contributed by atoms with Crippen LogP contribution >= 0.6 is 0 Å². The molecular formula is C25H24N8O. The number of H-pyrrole nitrogens is 1. The van der Waals surface area contributed by atoms with Gasteiger partial charge >= 0.3 is 0 Å². The average molecular weight is 453 g/mol. The molecular weight excluding hydrogens is 428 g/mol. The number of anilines is 1. The Bertz CT molecular complexity index is 1510. The minimum atomic E-state index is -0.195. The van der Waals surface area contributed by atoms with Crippen LogP contribution in [0.3, 0.4) is 0 Å². The number of aromatic amines is 1. The van der Waals surface area contributed by atoms with Crippen LogP contribution in [-0.4, -0.2) is 35.2 Å². The second-order valence-electron chi connectivity index (χ2n) is 8.59. The van der Waals surface area contributed by atoms with Crippen LogP contribution in [0.25, 0.3) is 11.0 Å². The SMILES string of the molecule is Cc1ccnn1Cc1ccc2c(c1)NCc1nc(C(=O)NCc3cnc4[nH]ccc4c3)cn1C2. The van der Waals surface area contributed by atoms with Crippen LogP contribution in [0.4, 0.5) is 5.69 Å². The summed E-state index contributed by atoms with van der Waals surface area (Å²) in [4.78, 5) is 24.8. The molecule has 1 aliphatic heterocycles. The van der Waals surface area contributed by atoms with Crippen molar-refractivity contribution in [3.8, 4) is 0 Å². The Labute approximate surface area is 195 Å². The van der Waals surface area contributed by atoms with Crippen molar-refractivity contribution in [2.24, 2.45) is 0 Å². The van der Waals surface area contributed by atoms with Crippen molar-refractivity contribution < 1.29 is 4.79 Å². The minimum absolute atomic E-state index is 0.195. The van der Waals surface area contributed by atoms with E-state index < -0.39 is 0 Å². The zero-order valence-corrected chi connectivity index (χ0v) is 18.7. The van der Waals surface area contributed by atoms with Crippen molar-refractivity contribution in [2.75, 3.05) is 5.32 Å². The van der Waals surface area contributed by atoms with Crippen LogP contribution < -0.4 is 10.6 Å². The van der Waals surface area contributed by atoms with Gasteiger partial charge in [-0.3, -0.25) is 9.48 Å². The number of aromatic nitrogens is 6. The molecule has 34 heavy (non-hydrogen) atoms. The van der Waals surface area contributed by atoms with E-state index in [4.69, 9.17) is 0 Å². The molecule has 9 nitrogen and oxygen atoms in total. The predicted molar refractivity (Wildman–Crippen MR) is 128 cm³/mol. The van der Waals surface area contributed by atoms with Gasteiger partial charge in [-0.05, 0) is 47.9 Å². The molecule has 0 aliphatic carbocycles. The summed E-state index contributed by atoms with van der Waals surface area (Å²) in [6, 6.07) is 12.4. The quantitative estimate of drug-likeness (QED) is 0.380.